The smallest absolute Gasteiger partial charge is 0.139 e. The molecular weight excluding hydrogens is 248 g/mol. The van der Waals surface area contributed by atoms with E-state index < -0.39 is 0 Å². The molecule has 20 heavy (non-hydrogen) atoms. The highest BCUT2D eigenvalue weighted by atomic mass is 16.5. The topological polar surface area (TPSA) is 26.3 Å². The Balaban J connectivity index is 1.66. The van der Waals surface area contributed by atoms with Crippen LogP contribution in [0.2, 0.25) is 0 Å². The Morgan fingerprint density at radius 2 is 1.90 bits per heavy atom. The van der Waals surface area contributed by atoms with E-state index in [-0.39, 0.29) is 5.41 Å². The van der Waals surface area contributed by atoms with Gasteiger partial charge in [0.15, 0.2) is 0 Å². The van der Waals surface area contributed by atoms with Crippen molar-refractivity contribution < 1.29 is 9.53 Å². The van der Waals surface area contributed by atoms with Crippen LogP contribution >= 0.6 is 0 Å². The Morgan fingerprint density at radius 3 is 2.75 bits per heavy atom. The van der Waals surface area contributed by atoms with E-state index in [4.69, 9.17) is 4.74 Å². The van der Waals surface area contributed by atoms with Crippen molar-refractivity contribution in [2.24, 2.45) is 34.5 Å². The van der Waals surface area contributed by atoms with Crippen LogP contribution in [0.4, 0.5) is 0 Å². The third-order valence-electron chi connectivity index (χ3n) is 7.88. The molecule has 0 spiro atoms. The van der Waals surface area contributed by atoms with Gasteiger partial charge >= 0.3 is 0 Å². The molecule has 1 saturated heterocycles. The minimum atomic E-state index is 0.0372. The van der Waals surface area contributed by atoms with Gasteiger partial charge in [-0.15, -0.1) is 0 Å². The molecule has 112 valence electrons. The zero-order chi connectivity index (χ0) is 14.0. The quantitative estimate of drug-likeness (QED) is 0.672. The van der Waals surface area contributed by atoms with Crippen LogP contribution in [-0.2, 0) is 9.53 Å². The molecule has 0 aromatic carbocycles. The normalized spacial score (nSPS) is 55.0. The highest BCUT2D eigenvalue weighted by Gasteiger charge is 2.59. The fraction of sp³-hybridized carbons (Fsp3) is 0.944. The van der Waals surface area contributed by atoms with Gasteiger partial charge in [-0.25, -0.2) is 0 Å². The van der Waals surface area contributed by atoms with E-state index in [0.717, 1.165) is 43.8 Å². The number of hydrogen-bond donors (Lipinski definition) is 0. The summed E-state index contributed by atoms with van der Waals surface area (Å²) in [5, 5.41) is 0. The zero-order valence-electron chi connectivity index (χ0n) is 13.0. The maximum atomic E-state index is 12.3. The largest absolute Gasteiger partial charge is 0.381 e. The molecule has 4 aliphatic rings. The average Bonchev–Trinajstić information content (AvgIpc) is 2.74. The minimum absolute atomic E-state index is 0.0372. The van der Waals surface area contributed by atoms with Crippen molar-refractivity contribution in [2.45, 2.75) is 58.8 Å². The van der Waals surface area contributed by atoms with Gasteiger partial charge in [-0.3, -0.25) is 4.79 Å². The van der Waals surface area contributed by atoms with Crippen molar-refractivity contribution in [1.82, 2.24) is 0 Å². The lowest BCUT2D eigenvalue weighted by atomic mass is 9.47. The van der Waals surface area contributed by atoms with Gasteiger partial charge in [-0.2, -0.15) is 0 Å². The molecule has 2 unspecified atom stereocenters. The summed E-state index contributed by atoms with van der Waals surface area (Å²) in [5.41, 5.74) is 0.531. The van der Waals surface area contributed by atoms with Gasteiger partial charge in [0.25, 0.3) is 0 Å². The van der Waals surface area contributed by atoms with E-state index in [0.29, 0.717) is 17.1 Å². The molecule has 0 bridgehead atoms. The van der Waals surface area contributed by atoms with Gasteiger partial charge in [0.05, 0.1) is 0 Å². The van der Waals surface area contributed by atoms with Crippen LogP contribution in [-0.4, -0.2) is 19.0 Å². The van der Waals surface area contributed by atoms with Crippen molar-refractivity contribution in [1.29, 1.82) is 0 Å². The summed E-state index contributed by atoms with van der Waals surface area (Å²) in [5.74, 6) is 3.71. The highest BCUT2D eigenvalue weighted by molar-refractivity contribution is 5.87. The molecule has 3 aliphatic carbocycles. The van der Waals surface area contributed by atoms with E-state index in [1.165, 1.54) is 32.1 Å². The lowest BCUT2D eigenvalue weighted by Crippen LogP contribution is -2.54. The Morgan fingerprint density at radius 1 is 1.05 bits per heavy atom. The van der Waals surface area contributed by atoms with Gasteiger partial charge in [-0.1, -0.05) is 13.8 Å². The van der Waals surface area contributed by atoms with Crippen LogP contribution in [0.1, 0.15) is 58.8 Å². The first-order valence-corrected chi connectivity index (χ1v) is 8.67. The first kappa shape index (κ1) is 13.3. The van der Waals surface area contributed by atoms with Crippen LogP contribution < -0.4 is 0 Å². The second-order valence-corrected chi connectivity index (χ2v) is 8.40. The molecule has 1 heterocycles. The molecule has 6 atom stereocenters. The van der Waals surface area contributed by atoms with Crippen LogP contribution in [0.3, 0.4) is 0 Å². The fourth-order valence-electron chi connectivity index (χ4n) is 6.49. The van der Waals surface area contributed by atoms with Crippen molar-refractivity contribution in [3.8, 4) is 0 Å². The van der Waals surface area contributed by atoms with Gasteiger partial charge in [0.1, 0.15) is 5.78 Å². The Hall–Kier alpha value is -0.370. The van der Waals surface area contributed by atoms with Gasteiger partial charge in [0.2, 0.25) is 0 Å². The lowest BCUT2D eigenvalue weighted by Gasteiger charge is -2.59. The van der Waals surface area contributed by atoms with Gasteiger partial charge < -0.3 is 4.74 Å². The van der Waals surface area contributed by atoms with E-state index in [9.17, 15) is 4.79 Å². The van der Waals surface area contributed by atoms with Crippen LogP contribution in [0, 0.1) is 34.5 Å². The standard InChI is InChI=1S/C18H28O2/c1-17-9-10-20-11-12(17)3-4-13-14-5-6-16(19)18(14,2)8-7-15(13)17/h12-15H,3-11H2,1-2H3/t12?,13-,14?,15-,17-,18-/m0/s1. The number of ether oxygens (including phenoxy) is 1. The molecule has 3 saturated carbocycles. The van der Waals surface area contributed by atoms with E-state index >= 15 is 0 Å². The summed E-state index contributed by atoms with van der Waals surface area (Å²) < 4.78 is 5.75. The molecule has 4 rings (SSSR count). The SMILES string of the molecule is C[C@]12CCOCC1CC[C@H]1C3CCC(=O)[C@@]3(C)CC[C@@H]12. The van der Waals surface area contributed by atoms with Crippen LogP contribution in [0.25, 0.3) is 0 Å². The second-order valence-electron chi connectivity index (χ2n) is 8.40. The third kappa shape index (κ3) is 1.58. The molecule has 0 aromatic heterocycles. The van der Waals surface area contributed by atoms with Crippen molar-refractivity contribution in [3.63, 3.8) is 0 Å². The molecule has 2 heteroatoms. The zero-order valence-corrected chi connectivity index (χ0v) is 13.0. The van der Waals surface area contributed by atoms with Crippen LogP contribution in [0.15, 0.2) is 0 Å². The first-order chi connectivity index (χ1) is 9.56. The Kier molecular flexibility index (Phi) is 2.87. The Labute approximate surface area is 122 Å². The molecule has 0 N–H and O–H groups in total. The summed E-state index contributed by atoms with van der Waals surface area (Å²) in [6, 6.07) is 0. The minimum Gasteiger partial charge on any atom is -0.381 e. The predicted molar refractivity (Wildman–Crippen MR) is 78.3 cm³/mol. The van der Waals surface area contributed by atoms with E-state index in [1.807, 2.05) is 0 Å². The molecular formula is C18H28O2. The average molecular weight is 276 g/mol. The molecule has 0 amide bonds. The van der Waals surface area contributed by atoms with E-state index in [1.54, 1.807) is 0 Å². The maximum absolute atomic E-state index is 12.3. The summed E-state index contributed by atoms with van der Waals surface area (Å²) in [4.78, 5) is 12.3. The third-order valence-corrected chi connectivity index (χ3v) is 7.88. The van der Waals surface area contributed by atoms with Crippen molar-refractivity contribution in [2.75, 3.05) is 13.2 Å². The highest BCUT2D eigenvalue weighted by Crippen LogP contribution is 2.64. The molecule has 2 nitrogen and oxygen atoms in total. The van der Waals surface area contributed by atoms with Gasteiger partial charge in [-0.05, 0) is 67.6 Å². The molecule has 4 fully saturated rings. The molecule has 0 radical (unpaired) electrons. The van der Waals surface area contributed by atoms with Gasteiger partial charge in [0, 0.05) is 25.0 Å². The van der Waals surface area contributed by atoms with Crippen molar-refractivity contribution in [3.05, 3.63) is 0 Å². The number of ketones is 1. The fourth-order valence-corrected chi connectivity index (χ4v) is 6.49. The number of carbonyl (C=O) groups excluding carboxylic acids is 1. The monoisotopic (exact) mass is 276 g/mol. The number of Topliss-reactive ketones (excluding diaryl/α,β-unsaturated/α-hetero) is 1. The molecule has 1 aliphatic heterocycles. The number of rotatable bonds is 0. The van der Waals surface area contributed by atoms with E-state index in [2.05, 4.69) is 13.8 Å². The number of carbonyl (C=O) groups is 1. The lowest BCUT2D eigenvalue weighted by molar-refractivity contribution is -0.152. The maximum Gasteiger partial charge on any atom is 0.139 e. The number of hydrogen-bond acceptors (Lipinski definition) is 2. The Bertz CT molecular complexity index is 431. The predicted octanol–water partition coefficient (Wildman–Crippen LogP) is 3.83. The van der Waals surface area contributed by atoms with Crippen LogP contribution in [0.5, 0.6) is 0 Å². The summed E-state index contributed by atoms with van der Waals surface area (Å²) >= 11 is 0. The summed E-state index contributed by atoms with van der Waals surface area (Å²) in [6.07, 6.45) is 8.40. The number of fused-ring (bicyclic) bond motifs is 5. The first-order valence-electron chi connectivity index (χ1n) is 8.67. The second kappa shape index (κ2) is 4.32. The summed E-state index contributed by atoms with van der Waals surface area (Å²) in [6.45, 7) is 6.76. The molecule has 0 aromatic rings. The van der Waals surface area contributed by atoms with Crippen molar-refractivity contribution >= 4 is 5.78 Å². The summed E-state index contributed by atoms with van der Waals surface area (Å²) in [7, 11) is 0.